The summed E-state index contributed by atoms with van der Waals surface area (Å²) >= 11 is 0. The highest BCUT2D eigenvalue weighted by atomic mass is 16.5. The van der Waals surface area contributed by atoms with Crippen LogP contribution in [-0.2, 0) is 16.1 Å². The maximum absolute atomic E-state index is 13.1. The summed E-state index contributed by atoms with van der Waals surface area (Å²) in [6.07, 6.45) is 6.11. The minimum absolute atomic E-state index is 0.00443. The van der Waals surface area contributed by atoms with Crippen molar-refractivity contribution >= 4 is 17.3 Å². The first kappa shape index (κ1) is 25.5. The van der Waals surface area contributed by atoms with Gasteiger partial charge in [-0.3, -0.25) is 4.79 Å². The Morgan fingerprint density at radius 3 is 2.63 bits per heavy atom. The van der Waals surface area contributed by atoms with Crippen molar-refractivity contribution in [1.82, 2.24) is 9.55 Å². The summed E-state index contributed by atoms with van der Waals surface area (Å²) in [6, 6.07) is 8.56. The SMILES string of the molecule is CO[C@@H]1CCN(c2cc(CO[C@@H]3CCC[C@H]3n3cccc(NC(C)C)c3=O)cc(NC(C)C)n2)C1. The molecule has 2 aromatic rings. The largest absolute Gasteiger partial charge is 0.380 e. The van der Waals surface area contributed by atoms with Gasteiger partial charge in [0, 0.05) is 38.5 Å². The summed E-state index contributed by atoms with van der Waals surface area (Å²) in [7, 11) is 1.77. The lowest BCUT2D eigenvalue weighted by atomic mass is 10.2. The molecule has 1 aliphatic carbocycles. The molecule has 2 aliphatic rings. The van der Waals surface area contributed by atoms with Crippen LogP contribution in [0.1, 0.15) is 65.0 Å². The van der Waals surface area contributed by atoms with Gasteiger partial charge in [0.05, 0.1) is 24.9 Å². The molecular weight excluding hydrogens is 442 g/mol. The third-order valence-electron chi connectivity index (χ3n) is 6.77. The maximum atomic E-state index is 13.1. The number of hydrogen-bond acceptors (Lipinski definition) is 7. The Hall–Kier alpha value is -2.58. The molecule has 2 aromatic heterocycles. The number of rotatable bonds is 10. The molecule has 8 heteroatoms. The van der Waals surface area contributed by atoms with E-state index in [1.54, 1.807) is 7.11 Å². The summed E-state index contributed by atoms with van der Waals surface area (Å²) in [4.78, 5) is 20.3. The molecule has 1 aliphatic heterocycles. The van der Waals surface area contributed by atoms with Gasteiger partial charge in [-0.25, -0.2) is 4.98 Å². The van der Waals surface area contributed by atoms with Gasteiger partial charge in [0.2, 0.25) is 0 Å². The van der Waals surface area contributed by atoms with E-state index in [0.29, 0.717) is 12.3 Å². The zero-order chi connectivity index (χ0) is 24.9. The molecule has 8 nitrogen and oxygen atoms in total. The van der Waals surface area contributed by atoms with E-state index < -0.39 is 0 Å². The van der Waals surface area contributed by atoms with E-state index in [1.165, 1.54) is 0 Å². The number of nitrogens with one attached hydrogen (secondary N) is 2. The van der Waals surface area contributed by atoms with Crippen LogP contribution in [0.4, 0.5) is 17.3 Å². The molecule has 0 aromatic carbocycles. The van der Waals surface area contributed by atoms with Gasteiger partial charge in [-0.05, 0) is 83.2 Å². The summed E-state index contributed by atoms with van der Waals surface area (Å²) in [5, 5.41) is 6.72. The van der Waals surface area contributed by atoms with Crippen molar-refractivity contribution in [3.05, 3.63) is 46.4 Å². The van der Waals surface area contributed by atoms with Gasteiger partial charge in [-0.15, -0.1) is 0 Å². The van der Waals surface area contributed by atoms with E-state index in [1.807, 2.05) is 36.7 Å². The van der Waals surface area contributed by atoms with E-state index in [4.69, 9.17) is 14.5 Å². The van der Waals surface area contributed by atoms with Crippen LogP contribution in [0.25, 0.3) is 0 Å². The van der Waals surface area contributed by atoms with Crippen LogP contribution in [0.5, 0.6) is 0 Å². The Morgan fingerprint density at radius 1 is 1.11 bits per heavy atom. The van der Waals surface area contributed by atoms with Crippen LogP contribution < -0.4 is 21.1 Å². The van der Waals surface area contributed by atoms with Gasteiger partial charge < -0.3 is 29.6 Å². The highest BCUT2D eigenvalue weighted by molar-refractivity contribution is 5.51. The Morgan fingerprint density at radius 2 is 1.91 bits per heavy atom. The predicted octanol–water partition coefficient (Wildman–Crippen LogP) is 4.42. The normalized spacial score (nSPS) is 22.4. The summed E-state index contributed by atoms with van der Waals surface area (Å²) < 4.78 is 13.9. The zero-order valence-corrected chi connectivity index (χ0v) is 21.8. The smallest absolute Gasteiger partial charge is 0.274 e. The molecule has 1 saturated heterocycles. The van der Waals surface area contributed by atoms with E-state index in [9.17, 15) is 4.79 Å². The van der Waals surface area contributed by atoms with E-state index >= 15 is 0 Å². The van der Waals surface area contributed by atoms with Crippen molar-refractivity contribution in [2.45, 2.75) is 90.3 Å². The third kappa shape index (κ3) is 6.35. The first-order valence-corrected chi connectivity index (χ1v) is 13.0. The lowest BCUT2D eigenvalue weighted by Gasteiger charge is -2.24. The van der Waals surface area contributed by atoms with Gasteiger partial charge in [-0.1, -0.05) is 0 Å². The van der Waals surface area contributed by atoms with Crippen molar-refractivity contribution in [3.8, 4) is 0 Å². The van der Waals surface area contributed by atoms with E-state index in [2.05, 4.69) is 41.5 Å². The summed E-state index contributed by atoms with van der Waals surface area (Å²) in [5.41, 5.74) is 1.77. The van der Waals surface area contributed by atoms with Gasteiger partial charge in [-0.2, -0.15) is 0 Å². The lowest BCUT2D eigenvalue weighted by Crippen LogP contribution is -2.32. The molecule has 192 valence electrons. The lowest BCUT2D eigenvalue weighted by molar-refractivity contribution is 0.0187. The third-order valence-corrected chi connectivity index (χ3v) is 6.77. The predicted molar refractivity (Wildman–Crippen MR) is 142 cm³/mol. The fraction of sp³-hybridized carbons (Fsp3) is 0.630. The zero-order valence-electron chi connectivity index (χ0n) is 21.8. The monoisotopic (exact) mass is 483 g/mol. The molecule has 2 fully saturated rings. The van der Waals surface area contributed by atoms with Crippen LogP contribution >= 0.6 is 0 Å². The number of nitrogens with zero attached hydrogens (tertiary/aromatic N) is 3. The molecule has 0 unspecified atom stereocenters. The minimum Gasteiger partial charge on any atom is -0.380 e. The maximum Gasteiger partial charge on any atom is 0.274 e. The number of hydrogen-bond donors (Lipinski definition) is 2. The van der Waals surface area contributed by atoms with Crippen LogP contribution in [-0.4, -0.2) is 54.0 Å². The van der Waals surface area contributed by atoms with Gasteiger partial charge in [0.1, 0.15) is 17.3 Å². The molecule has 0 radical (unpaired) electrons. The van der Waals surface area contributed by atoms with E-state index in [-0.39, 0.29) is 35.9 Å². The Kier molecular flexibility index (Phi) is 8.34. The highest BCUT2D eigenvalue weighted by Crippen LogP contribution is 2.33. The average Bonchev–Trinajstić information content (AvgIpc) is 3.48. The summed E-state index contributed by atoms with van der Waals surface area (Å²) in [5.74, 6) is 1.82. The van der Waals surface area contributed by atoms with E-state index in [0.717, 1.165) is 56.0 Å². The van der Waals surface area contributed by atoms with Crippen LogP contribution in [0.2, 0.25) is 0 Å². The molecule has 0 amide bonds. The Balaban J connectivity index is 1.50. The number of ether oxygens (including phenoxy) is 2. The van der Waals surface area contributed by atoms with Gasteiger partial charge >= 0.3 is 0 Å². The van der Waals surface area contributed by atoms with Gasteiger partial charge in [0.15, 0.2) is 0 Å². The van der Waals surface area contributed by atoms with Crippen molar-refractivity contribution in [2.24, 2.45) is 0 Å². The number of pyridine rings is 2. The van der Waals surface area contributed by atoms with Crippen LogP contribution in [0, 0.1) is 0 Å². The standard InChI is InChI=1S/C27H41N5O3/c1-18(2)28-22-8-7-12-32(27(22)33)23-9-6-10-24(23)35-17-20-14-25(29-19(3)4)30-26(15-20)31-13-11-21(16-31)34-5/h7-8,12,14-15,18-19,21,23-24,28H,6,9-11,13,16-17H2,1-5H3,(H,29,30)/t21-,23-,24-/m1/s1. The van der Waals surface area contributed by atoms with Crippen LogP contribution in [0.3, 0.4) is 0 Å². The molecule has 3 atom stereocenters. The Labute approximate surface area is 209 Å². The molecule has 1 saturated carbocycles. The molecule has 4 rings (SSSR count). The quantitative estimate of drug-likeness (QED) is 0.518. The second-order valence-corrected chi connectivity index (χ2v) is 10.4. The molecule has 0 spiro atoms. The Bertz CT molecular complexity index is 1040. The second-order valence-electron chi connectivity index (χ2n) is 10.4. The molecule has 35 heavy (non-hydrogen) atoms. The van der Waals surface area contributed by atoms with Crippen LogP contribution in [0.15, 0.2) is 35.3 Å². The number of anilines is 3. The minimum atomic E-state index is 0.00443. The second kappa shape index (κ2) is 11.4. The number of aromatic nitrogens is 2. The first-order valence-electron chi connectivity index (χ1n) is 13.0. The molecule has 2 N–H and O–H groups in total. The number of methoxy groups -OCH3 is 1. The molecule has 3 heterocycles. The highest BCUT2D eigenvalue weighted by Gasteiger charge is 2.31. The average molecular weight is 484 g/mol. The van der Waals surface area contributed by atoms with Crippen molar-refractivity contribution in [3.63, 3.8) is 0 Å². The van der Waals surface area contributed by atoms with Gasteiger partial charge in [0.25, 0.3) is 5.56 Å². The van der Waals surface area contributed by atoms with Crippen molar-refractivity contribution < 1.29 is 9.47 Å². The molecule has 0 bridgehead atoms. The fourth-order valence-electron chi connectivity index (χ4n) is 5.13. The summed E-state index contributed by atoms with van der Waals surface area (Å²) in [6.45, 7) is 10.6. The topological polar surface area (TPSA) is 80.7 Å². The van der Waals surface area contributed by atoms with Crippen molar-refractivity contribution in [1.29, 1.82) is 0 Å². The fourth-order valence-corrected chi connectivity index (χ4v) is 5.13. The molecular formula is C27H41N5O3. The van der Waals surface area contributed by atoms with Crippen molar-refractivity contribution in [2.75, 3.05) is 35.7 Å². The first-order chi connectivity index (χ1) is 16.8.